The molecule has 0 aliphatic carbocycles. The van der Waals surface area contributed by atoms with E-state index in [1.807, 2.05) is 6.92 Å². The number of fused-ring (bicyclic) bond motifs is 1. The van der Waals surface area contributed by atoms with E-state index in [1.165, 1.54) is 11.6 Å². The predicted octanol–water partition coefficient (Wildman–Crippen LogP) is 6.21. The molecule has 4 nitrogen and oxygen atoms in total. The fourth-order valence-corrected chi connectivity index (χ4v) is 3.63. The summed E-state index contributed by atoms with van der Waals surface area (Å²) in [6, 6.07) is 1.46. The lowest BCUT2D eigenvalue weighted by molar-refractivity contribution is -0.289. The van der Waals surface area contributed by atoms with Gasteiger partial charge < -0.3 is 4.57 Å². The third kappa shape index (κ3) is 4.32. The smallest absolute Gasteiger partial charge is 0.310 e. The van der Waals surface area contributed by atoms with E-state index in [2.05, 4.69) is 15.0 Å². The number of pyridine rings is 2. The summed E-state index contributed by atoms with van der Waals surface area (Å²) in [5.74, 6) is -4.68. The van der Waals surface area contributed by atoms with Gasteiger partial charge in [-0.15, -0.1) is 11.8 Å². The van der Waals surface area contributed by atoms with Gasteiger partial charge in [-0.05, 0) is 24.3 Å². The molecule has 168 valence electrons. The zero-order valence-electron chi connectivity index (χ0n) is 15.9. The van der Waals surface area contributed by atoms with Gasteiger partial charge in [0.05, 0.1) is 11.1 Å². The van der Waals surface area contributed by atoms with Crippen molar-refractivity contribution >= 4 is 22.9 Å². The molecule has 0 N–H and O–H groups in total. The Bertz CT molecular complexity index is 1100. The van der Waals surface area contributed by atoms with E-state index in [-0.39, 0.29) is 27.6 Å². The first-order valence-electron chi connectivity index (χ1n) is 8.75. The van der Waals surface area contributed by atoms with E-state index in [4.69, 9.17) is 0 Å². The number of thioether (sulfide) groups is 1. The lowest BCUT2D eigenvalue weighted by Crippen LogP contribution is -2.33. The Hall–Kier alpha value is -2.44. The molecular formula is C18H14F8N4S. The molecule has 0 fully saturated rings. The van der Waals surface area contributed by atoms with Crippen LogP contribution < -0.4 is 0 Å². The van der Waals surface area contributed by atoms with Crippen LogP contribution >= 0.6 is 11.8 Å². The topological polar surface area (TPSA) is 43.6 Å². The minimum Gasteiger partial charge on any atom is -0.310 e. The van der Waals surface area contributed by atoms with Crippen molar-refractivity contribution in [1.29, 1.82) is 0 Å². The van der Waals surface area contributed by atoms with E-state index in [0.29, 0.717) is 30.6 Å². The summed E-state index contributed by atoms with van der Waals surface area (Å²) in [6.45, 7) is 1.83. The molecule has 13 heteroatoms. The molecular weight excluding hydrogens is 456 g/mol. The molecule has 0 amide bonds. The molecule has 31 heavy (non-hydrogen) atoms. The van der Waals surface area contributed by atoms with Gasteiger partial charge in [0.25, 0.3) is 0 Å². The lowest BCUT2D eigenvalue weighted by Gasteiger charge is -2.19. The number of hydrogen-bond donors (Lipinski definition) is 0. The first-order chi connectivity index (χ1) is 14.3. The van der Waals surface area contributed by atoms with Crippen LogP contribution in [0.2, 0.25) is 0 Å². The van der Waals surface area contributed by atoms with Gasteiger partial charge in [0, 0.05) is 24.3 Å². The Balaban J connectivity index is 2.16. The van der Waals surface area contributed by atoms with Gasteiger partial charge in [-0.2, -0.15) is 35.1 Å². The molecule has 0 aromatic carbocycles. The van der Waals surface area contributed by atoms with Crippen LogP contribution in [0.4, 0.5) is 35.1 Å². The zero-order valence-corrected chi connectivity index (χ0v) is 16.8. The number of imidazole rings is 1. The SMILES string of the molecule is CCCSc1cc(C(F)(F)F)cnc1-c1nc2cc(C(F)(F)C(F)(F)F)cnc2n1C. The van der Waals surface area contributed by atoms with Gasteiger partial charge in [-0.3, -0.25) is 4.98 Å². The van der Waals surface area contributed by atoms with Gasteiger partial charge in [0.1, 0.15) is 11.2 Å². The summed E-state index contributed by atoms with van der Waals surface area (Å²) in [5.41, 5.74) is -2.62. The second kappa shape index (κ2) is 7.92. The maximum absolute atomic E-state index is 13.7. The quantitative estimate of drug-likeness (QED) is 0.329. The van der Waals surface area contributed by atoms with Crippen molar-refractivity contribution < 1.29 is 35.1 Å². The minimum atomic E-state index is -5.82. The van der Waals surface area contributed by atoms with Crippen LogP contribution in [-0.4, -0.2) is 31.4 Å². The highest BCUT2D eigenvalue weighted by atomic mass is 32.2. The van der Waals surface area contributed by atoms with Gasteiger partial charge >= 0.3 is 18.3 Å². The van der Waals surface area contributed by atoms with Crippen LogP contribution in [0.5, 0.6) is 0 Å². The first kappa shape index (κ1) is 23.2. The van der Waals surface area contributed by atoms with Crippen molar-refractivity contribution in [2.75, 3.05) is 5.75 Å². The molecule has 0 unspecified atom stereocenters. The van der Waals surface area contributed by atoms with Crippen LogP contribution in [0.1, 0.15) is 24.5 Å². The standard InChI is InChI=1S/C18H14F8N4S/c1-3-4-31-12-6-10(17(21,22)23)8-27-13(12)15-29-11-5-9(7-28-14(11)30(15)2)16(19,20)18(24,25)26/h5-8H,3-4H2,1-2H3. The van der Waals surface area contributed by atoms with Crippen molar-refractivity contribution in [1.82, 2.24) is 19.5 Å². The highest BCUT2D eigenvalue weighted by molar-refractivity contribution is 7.99. The van der Waals surface area contributed by atoms with Crippen LogP contribution in [0.15, 0.2) is 29.4 Å². The Morgan fingerprint density at radius 2 is 1.58 bits per heavy atom. The molecule has 3 aromatic heterocycles. The molecule has 0 atom stereocenters. The van der Waals surface area contributed by atoms with E-state index < -0.39 is 29.4 Å². The average Bonchev–Trinajstić information content (AvgIpc) is 3.00. The van der Waals surface area contributed by atoms with Gasteiger partial charge in [0.15, 0.2) is 11.5 Å². The lowest BCUT2D eigenvalue weighted by atomic mass is 10.1. The summed E-state index contributed by atoms with van der Waals surface area (Å²) in [5, 5.41) is 0. The van der Waals surface area contributed by atoms with Crippen LogP contribution in [0.25, 0.3) is 22.7 Å². The van der Waals surface area contributed by atoms with Crippen molar-refractivity contribution in [2.45, 2.75) is 36.5 Å². The summed E-state index contributed by atoms with van der Waals surface area (Å²) in [7, 11) is 1.41. The first-order valence-corrected chi connectivity index (χ1v) is 9.73. The molecule has 0 saturated carbocycles. The second-order valence-electron chi connectivity index (χ2n) is 6.55. The molecule has 0 radical (unpaired) electrons. The Morgan fingerprint density at radius 3 is 2.16 bits per heavy atom. The molecule has 0 bridgehead atoms. The molecule has 0 saturated heterocycles. The number of aryl methyl sites for hydroxylation is 1. The summed E-state index contributed by atoms with van der Waals surface area (Å²) in [6.07, 6.45) is -8.78. The van der Waals surface area contributed by atoms with E-state index >= 15 is 0 Å². The number of nitrogens with zero attached hydrogens (tertiary/aromatic N) is 4. The van der Waals surface area contributed by atoms with E-state index in [9.17, 15) is 35.1 Å². The normalized spacial score (nSPS) is 13.2. The largest absolute Gasteiger partial charge is 0.458 e. The third-order valence-corrected chi connectivity index (χ3v) is 5.52. The molecule has 3 aromatic rings. The second-order valence-corrected chi connectivity index (χ2v) is 7.69. The zero-order chi connectivity index (χ0) is 23.2. The van der Waals surface area contributed by atoms with E-state index in [1.54, 1.807) is 0 Å². The summed E-state index contributed by atoms with van der Waals surface area (Å²) >= 11 is 1.10. The molecule has 0 spiro atoms. The number of rotatable bonds is 5. The van der Waals surface area contributed by atoms with E-state index in [0.717, 1.165) is 17.8 Å². The van der Waals surface area contributed by atoms with Crippen molar-refractivity contribution in [3.8, 4) is 11.5 Å². The maximum Gasteiger partial charge on any atom is 0.458 e. The highest BCUT2D eigenvalue weighted by Gasteiger charge is 2.59. The Kier molecular flexibility index (Phi) is 5.93. The van der Waals surface area contributed by atoms with Crippen molar-refractivity contribution in [2.24, 2.45) is 7.05 Å². The molecule has 0 aliphatic heterocycles. The monoisotopic (exact) mass is 470 g/mol. The number of hydrogen-bond acceptors (Lipinski definition) is 4. The fraction of sp³-hybridized carbons (Fsp3) is 0.389. The van der Waals surface area contributed by atoms with Gasteiger partial charge in [-0.1, -0.05) is 6.92 Å². The molecule has 0 aliphatic rings. The summed E-state index contributed by atoms with van der Waals surface area (Å²) in [4.78, 5) is 11.7. The van der Waals surface area contributed by atoms with Crippen LogP contribution in [-0.2, 0) is 19.1 Å². The maximum atomic E-state index is 13.7. The minimum absolute atomic E-state index is 0.0118. The molecule has 3 heterocycles. The summed E-state index contributed by atoms with van der Waals surface area (Å²) < 4.78 is 106. The predicted molar refractivity (Wildman–Crippen MR) is 97.7 cm³/mol. The average molecular weight is 470 g/mol. The highest BCUT2D eigenvalue weighted by Crippen LogP contribution is 2.44. The Labute approximate surface area is 174 Å². The Morgan fingerprint density at radius 1 is 0.935 bits per heavy atom. The van der Waals surface area contributed by atoms with Crippen LogP contribution in [0.3, 0.4) is 0 Å². The van der Waals surface area contributed by atoms with Crippen LogP contribution in [0, 0.1) is 0 Å². The fourth-order valence-electron chi connectivity index (χ4n) is 2.71. The van der Waals surface area contributed by atoms with Gasteiger partial charge in [-0.25, -0.2) is 9.97 Å². The van der Waals surface area contributed by atoms with Crippen molar-refractivity contribution in [3.63, 3.8) is 0 Å². The number of halogens is 8. The number of aromatic nitrogens is 4. The van der Waals surface area contributed by atoms with Crippen molar-refractivity contribution in [3.05, 3.63) is 35.7 Å². The third-order valence-electron chi connectivity index (χ3n) is 4.28. The van der Waals surface area contributed by atoms with Gasteiger partial charge in [0.2, 0.25) is 0 Å². The molecule has 3 rings (SSSR count). The number of alkyl halides is 8.